The van der Waals surface area contributed by atoms with Crippen LogP contribution in [0.2, 0.25) is 0 Å². The van der Waals surface area contributed by atoms with Crippen LogP contribution in [0.4, 0.5) is 5.69 Å². The number of anilines is 1. The highest BCUT2D eigenvalue weighted by atomic mass is 32.2. The molecule has 1 atom stereocenters. The summed E-state index contributed by atoms with van der Waals surface area (Å²) in [6.07, 6.45) is 1.56. The van der Waals surface area contributed by atoms with Gasteiger partial charge < -0.3 is 5.32 Å². The van der Waals surface area contributed by atoms with Gasteiger partial charge in [0.25, 0.3) is 0 Å². The molecule has 0 saturated heterocycles. The molecule has 0 saturated carbocycles. The molecular formula is C11H10N4S. The first-order valence-electron chi connectivity index (χ1n) is 5.00. The van der Waals surface area contributed by atoms with Crippen molar-refractivity contribution in [3.05, 3.63) is 29.8 Å². The molecular weight excluding hydrogens is 220 g/mol. The number of nitrogens with zero attached hydrogens (tertiary/aromatic N) is 3. The third-order valence-corrected chi connectivity index (χ3v) is 3.58. The van der Waals surface area contributed by atoms with Gasteiger partial charge in [0.05, 0.1) is 0 Å². The van der Waals surface area contributed by atoms with Gasteiger partial charge in [0, 0.05) is 12.7 Å². The zero-order chi connectivity index (χ0) is 11.0. The van der Waals surface area contributed by atoms with E-state index >= 15 is 0 Å². The van der Waals surface area contributed by atoms with Crippen molar-refractivity contribution in [1.82, 2.24) is 0 Å². The maximum Gasteiger partial charge on any atom is 0.183 e. The Morgan fingerprint density at radius 2 is 2.31 bits per heavy atom. The second-order valence-corrected chi connectivity index (χ2v) is 4.55. The molecule has 0 bridgehead atoms. The summed E-state index contributed by atoms with van der Waals surface area (Å²) in [6.45, 7) is 0. The molecule has 0 aromatic heterocycles. The van der Waals surface area contributed by atoms with Gasteiger partial charge in [0.15, 0.2) is 5.84 Å². The predicted molar refractivity (Wildman–Crippen MR) is 69.7 cm³/mol. The summed E-state index contributed by atoms with van der Waals surface area (Å²) in [5, 5.41) is 4.15. The van der Waals surface area contributed by atoms with Crippen molar-refractivity contribution in [1.29, 1.82) is 0 Å². The molecule has 2 aliphatic heterocycles. The SMILES string of the molecule is CNc1cccc(C2N=C3N=CN=C3S2)c1. The minimum absolute atomic E-state index is 0.0968. The van der Waals surface area contributed by atoms with E-state index in [1.54, 1.807) is 18.1 Å². The summed E-state index contributed by atoms with van der Waals surface area (Å²) in [5.74, 6) is 0.768. The van der Waals surface area contributed by atoms with Crippen molar-refractivity contribution in [3.8, 4) is 0 Å². The minimum atomic E-state index is 0.0968. The third-order valence-electron chi connectivity index (χ3n) is 2.47. The fraction of sp³-hybridized carbons (Fsp3) is 0.182. The van der Waals surface area contributed by atoms with Crippen molar-refractivity contribution >= 4 is 34.7 Å². The summed E-state index contributed by atoms with van der Waals surface area (Å²) in [7, 11) is 1.91. The molecule has 1 N–H and O–H groups in total. The summed E-state index contributed by atoms with van der Waals surface area (Å²) < 4.78 is 0. The molecule has 0 fully saturated rings. The number of hydrogen-bond donors (Lipinski definition) is 1. The summed E-state index contributed by atoms with van der Waals surface area (Å²) >= 11 is 1.65. The van der Waals surface area contributed by atoms with Crippen molar-refractivity contribution in [2.45, 2.75) is 5.37 Å². The van der Waals surface area contributed by atoms with E-state index in [9.17, 15) is 0 Å². The van der Waals surface area contributed by atoms with Gasteiger partial charge in [0.1, 0.15) is 16.8 Å². The van der Waals surface area contributed by atoms with Gasteiger partial charge in [-0.15, -0.1) is 0 Å². The van der Waals surface area contributed by atoms with Crippen molar-refractivity contribution in [2.75, 3.05) is 12.4 Å². The Kier molecular flexibility index (Phi) is 2.25. The quantitative estimate of drug-likeness (QED) is 0.847. The summed E-state index contributed by atoms with van der Waals surface area (Å²) in [6, 6.07) is 8.24. The van der Waals surface area contributed by atoms with E-state index < -0.39 is 0 Å². The fourth-order valence-corrected chi connectivity index (χ4v) is 2.62. The Labute approximate surface area is 97.6 Å². The average Bonchev–Trinajstić information content (AvgIpc) is 2.89. The molecule has 5 heteroatoms. The van der Waals surface area contributed by atoms with Gasteiger partial charge >= 0.3 is 0 Å². The molecule has 2 heterocycles. The number of benzene rings is 1. The van der Waals surface area contributed by atoms with Gasteiger partial charge in [0.2, 0.25) is 0 Å². The lowest BCUT2D eigenvalue weighted by molar-refractivity contribution is 1.05. The third kappa shape index (κ3) is 1.53. The number of thioether (sulfide) groups is 1. The Bertz CT molecular complexity index is 518. The molecule has 1 aromatic carbocycles. The summed E-state index contributed by atoms with van der Waals surface area (Å²) in [4.78, 5) is 12.8. The van der Waals surface area contributed by atoms with Crippen LogP contribution in [-0.4, -0.2) is 24.3 Å². The molecule has 2 aliphatic rings. The zero-order valence-electron chi connectivity index (χ0n) is 8.71. The van der Waals surface area contributed by atoms with Crippen LogP contribution in [0, 0.1) is 0 Å². The lowest BCUT2D eigenvalue weighted by Gasteiger charge is -2.07. The molecule has 0 aliphatic carbocycles. The average molecular weight is 230 g/mol. The van der Waals surface area contributed by atoms with Crippen LogP contribution in [0.3, 0.4) is 0 Å². The van der Waals surface area contributed by atoms with Crippen LogP contribution >= 0.6 is 11.8 Å². The van der Waals surface area contributed by atoms with Gasteiger partial charge in [-0.2, -0.15) is 0 Å². The standard InChI is InChI=1S/C11H10N4S/c1-12-8-4-2-3-7(5-8)10-15-9-11(16-10)14-6-13-9/h2-6,10,12H,1H3. The molecule has 16 heavy (non-hydrogen) atoms. The van der Waals surface area contributed by atoms with Gasteiger partial charge in [-0.1, -0.05) is 23.9 Å². The maximum atomic E-state index is 4.52. The van der Waals surface area contributed by atoms with Crippen LogP contribution in [0.1, 0.15) is 10.9 Å². The van der Waals surface area contributed by atoms with Crippen LogP contribution in [0.25, 0.3) is 0 Å². The van der Waals surface area contributed by atoms with Gasteiger partial charge in [-0.25, -0.2) is 15.0 Å². The second-order valence-electron chi connectivity index (χ2n) is 3.48. The van der Waals surface area contributed by atoms with Crippen molar-refractivity contribution in [2.24, 2.45) is 15.0 Å². The molecule has 1 unspecified atom stereocenters. The monoisotopic (exact) mass is 230 g/mol. The first-order valence-corrected chi connectivity index (χ1v) is 5.87. The van der Waals surface area contributed by atoms with E-state index in [0.29, 0.717) is 0 Å². The van der Waals surface area contributed by atoms with Gasteiger partial charge in [-0.05, 0) is 17.7 Å². The number of fused-ring (bicyclic) bond motifs is 1. The topological polar surface area (TPSA) is 49.1 Å². The van der Waals surface area contributed by atoms with Crippen molar-refractivity contribution < 1.29 is 0 Å². The van der Waals surface area contributed by atoms with Gasteiger partial charge in [-0.3, -0.25) is 0 Å². The Hall–Kier alpha value is -1.62. The number of hydrogen-bond acceptors (Lipinski definition) is 5. The highest BCUT2D eigenvalue weighted by Gasteiger charge is 2.27. The molecule has 4 nitrogen and oxygen atoms in total. The van der Waals surface area contributed by atoms with E-state index in [2.05, 4.69) is 32.4 Å². The summed E-state index contributed by atoms with van der Waals surface area (Å²) in [5.41, 5.74) is 2.28. The van der Waals surface area contributed by atoms with Crippen LogP contribution in [-0.2, 0) is 0 Å². The molecule has 0 radical (unpaired) electrons. The molecule has 0 spiro atoms. The maximum absolute atomic E-state index is 4.52. The molecule has 1 aromatic rings. The highest BCUT2D eigenvalue weighted by Crippen LogP contribution is 2.38. The van der Waals surface area contributed by atoms with Crippen LogP contribution in [0.15, 0.2) is 39.2 Å². The lowest BCUT2D eigenvalue weighted by atomic mass is 10.2. The largest absolute Gasteiger partial charge is 0.388 e. The smallest absolute Gasteiger partial charge is 0.183 e. The van der Waals surface area contributed by atoms with Crippen LogP contribution in [0.5, 0.6) is 0 Å². The van der Waals surface area contributed by atoms with E-state index in [0.717, 1.165) is 16.6 Å². The van der Waals surface area contributed by atoms with E-state index in [1.165, 1.54) is 5.56 Å². The first kappa shape index (κ1) is 9.59. The van der Waals surface area contributed by atoms with Crippen molar-refractivity contribution in [3.63, 3.8) is 0 Å². The lowest BCUT2D eigenvalue weighted by Crippen LogP contribution is -1.94. The molecule has 3 rings (SSSR count). The Morgan fingerprint density at radius 3 is 3.12 bits per heavy atom. The number of aliphatic imine (C=N–C) groups is 3. The Balaban J connectivity index is 1.92. The van der Waals surface area contributed by atoms with E-state index in [-0.39, 0.29) is 5.37 Å². The molecule has 80 valence electrons. The highest BCUT2D eigenvalue weighted by molar-refractivity contribution is 8.16. The predicted octanol–water partition coefficient (Wildman–Crippen LogP) is 2.31. The fourth-order valence-electron chi connectivity index (χ4n) is 1.65. The number of nitrogens with one attached hydrogen (secondary N) is 1. The number of amidine groups is 1. The van der Waals surface area contributed by atoms with Crippen LogP contribution < -0.4 is 5.32 Å². The minimum Gasteiger partial charge on any atom is -0.388 e. The zero-order valence-corrected chi connectivity index (χ0v) is 9.53. The second kappa shape index (κ2) is 3.75. The number of rotatable bonds is 2. The first-order chi connectivity index (χ1) is 7.86. The normalized spacial score (nSPS) is 21.7. The molecule has 0 amide bonds. The van der Waals surface area contributed by atoms with E-state index in [1.807, 2.05) is 19.2 Å². The Morgan fingerprint density at radius 1 is 1.38 bits per heavy atom. The van der Waals surface area contributed by atoms with E-state index in [4.69, 9.17) is 0 Å².